The average Bonchev–Trinajstić information content (AvgIpc) is 2.62. The standard InChI is InChI=1S/C11H11NO2S/c1-7-12-9(11(13)14)10(15-7)8-5-3-2-4-6-8/h3,5-6H,2,4H2,1H3,(H,13,14). The third-order valence-electron chi connectivity index (χ3n) is 2.19. The number of aryl methyl sites for hydroxylation is 1. The van der Waals surface area contributed by atoms with E-state index in [9.17, 15) is 4.79 Å². The lowest BCUT2D eigenvalue weighted by atomic mass is 10.0. The van der Waals surface area contributed by atoms with Gasteiger partial charge in [0.25, 0.3) is 0 Å². The SMILES string of the molecule is Cc1nc(C(=O)O)c(C2=CCCC=C2)s1. The Morgan fingerprint density at radius 3 is 2.93 bits per heavy atom. The van der Waals surface area contributed by atoms with Gasteiger partial charge in [-0.2, -0.15) is 0 Å². The summed E-state index contributed by atoms with van der Waals surface area (Å²) in [5.41, 5.74) is 1.17. The van der Waals surface area contributed by atoms with Crippen LogP contribution in [0, 0.1) is 6.92 Å². The predicted octanol–water partition coefficient (Wildman–Crippen LogP) is 2.88. The zero-order valence-electron chi connectivity index (χ0n) is 8.36. The van der Waals surface area contributed by atoms with E-state index in [4.69, 9.17) is 5.11 Å². The lowest BCUT2D eigenvalue weighted by Crippen LogP contribution is -2.00. The van der Waals surface area contributed by atoms with Crippen LogP contribution in [-0.4, -0.2) is 16.1 Å². The van der Waals surface area contributed by atoms with E-state index in [2.05, 4.69) is 17.1 Å². The second-order valence-corrected chi connectivity index (χ2v) is 4.56. The molecule has 1 aliphatic carbocycles. The van der Waals surface area contributed by atoms with Crippen molar-refractivity contribution in [3.8, 4) is 0 Å². The molecule has 0 atom stereocenters. The number of allylic oxidation sites excluding steroid dienone is 4. The summed E-state index contributed by atoms with van der Waals surface area (Å²) in [5.74, 6) is -0.950. The highest BCUT2D eigenvalue weighted by Gasteiger charge is 2.18. The van der Waals surface area contributed by atoms with Crippen molar-refractivity contribution in [2.45, 2.75) is 19.8 Å². The Kier molecular flexibility index (Phi) is 2.68. The van der Waals surface area contributed by atoms with Crippen molar-refractivity contribution < 1.29 is 9.90 Å². The molecule has 1 aliphatic rings. The number of carbonyl (C=O) groups is 1. The molecule has 0 bridgehead atoms. The van der Waals surface area contributed by atoms with E-state index in [0.717, 1.165) is 28.3 Å². The molecule has 0 spiro atoms. The maximum Gasteiger partial charge on any atom is 0.356 e. The van der Waals surface area contributed by atoms with Crippen molar-refractivity contribution in [2.24, 2.45) is 0 Å². The zero-order chi connectivity index (χ0) is 10.8. The van der Waals surface area contributed by atoms with Gasteiger partial charge in [-0.3, -0.25) is 0 Å². The normalized spacial score (nSPS) is 15.1. The fourth-order valence-corrected chi connectivity index (χ4v) is 2.48. The zero-order valence-corrected chi connectivity index (χ0v) is 9.17. The Hall–Kier alpha value is -1.42. The van der Waals surface area contributed by atoms with Crippen molar-refractivity contribution >= 4 is 22.9 Å². The van der Waals surface area contributed by atoms with Gasteiger partial charge in [-0.25, -0.2) is 9.78 Å². The minimum Gasteiger partial charge on any atom is -0.476 e. The van der Waals surface area contributed by atoms with Crippen LogP contribution in [-0.2, 0) is 0 Å². The molecule has 1 heterocycles. The van der Waals surface area contributed by atoms with Crippen molar-refractivity contribution in [1.29, 1.82) is 0 Å². The van der Waals surface area contributed by atoms with Crippen molar-refractivity contribution in [1.82, 2.24) is 4.98 Å². The van der Waals surface area contributed by atoms with Gasteiger partial charge in [0.2, 0.25) is 0 Å². The molecule has 15 heavy (non-hydrogen) atoms. The van der Waals surface area contributed by atoms with E-state index in [1.54, 1.807) is 0 Å². The van der Waals surface area contributed by atoms with Crippen molar-refractivity contribution in [3.63, 3.8) is 0 Å². The first kappa shape index (κ1) is 10.1. The molecule has 1 aromatic heterocycles. The van der Waals surface area contributed by atoms with Crippen LogP contribution in [0.1, 0.15) is 33.2 Å². The second kappa shape index (κ2) is 3.98. The summed E-state index contributed by atoms with van der Waals surface area (Å²) in [6, 6.07) is 0. The highest BCUT2D eigenvalue weighted by molar-refractivity contribution is 7.13. The number of carboxylic acid groups (broad SMARTS) is 1. The Morgan fingerprint density at radius 1 is 1.53 bits per heavy atom. The van der Waals surface area contributed by atoms with Crippen LogP contribution >= 0.6 is 11.3 Å². The summed E-state index contributed by atoms with van der Waals surface area (Å²) in [4.78, 5) is 15.8. The van der Waals surface area contributed by atoms with Crippen LogP contribution in [0.3, 0.4) is 0 Å². The molecule has 4 heteroatoms. The Bertz CT molecular complexity index is 457. The fraction of sp³-hybridized carbons (Fsp3) is 0.273. The molecule has 0 amide bonds. The molecule has 1 N–H and O–H groups in total. The number of thiazole rings is 1. The predicted molar refractivity (Wildman–Crippen MR) is 60.2 cm³/mol. The maximum atomic E-state index is 11.0. The third kappa shape index (κ3) is 1.99. The van der Waals surface area contributed by atoms with E-state index < -0.39 is 5.97 Å². The molecule has 2 rings (SSSR count). The summed E-state index contributed by atoms with van der Waals surface area (Å²) in [5, 5.41) is 9.80. The van der Waals surface area contributed by atoms with E-state index >= 15 is 0 Å². The van der Waals surface area contributed by atoms with Crippen LogP contribution in [0.4, 0.5) is 0 Å². The molecule has 0 aliphatic heterocycles. The van der Waals surface area contributed by atoms with Crippen LogP contribution in [0.5, 0.6) is 0 Å². The summed E-state index contributed by atoms with van der Waals surface area (Å²) >= 11 is 1.44. The Balaban J connectivity index is 2.47. The first-order valence-electron chi connectivity index (χ1n) is 4.76. The summed E-state index contributed by atoms with van der Waals surface area (Å²) in [6.45, 7) is 1.83. The van der Waals surface area contributed by atoms with Gasteiger partial charge in [-0.1, -0.05) is 18.2 Å². The van der Waals surface area contributed by atoms with Gasteiger partial charge < -0.3 is 5.11 Å². The summed E-state index contributed by atoms with van der Waals surface area (Å²) in [7, 11) is 0. The number of nitrogens with zero attached hydrogens (tertiary/aromatic N) is 1. The Labute approximate surface area is 91.8 Å². The highest BCUT2D eigenvalue weighted by Crippen LogP contribution is 2.29. The molecule has 0 fully saturated rings. The summed E-state index contributed by atoms with van der Waals surface area (Å²) in [6.07, 6.45) is 8.11. The monoisotopic (exact) mass is 221 g/mol. The molecule has 3 nitrogen and oxygen atoms in total. The molecule has 0 aromatic carbocycles. The second-order valence-electron chi connectivity index (χ2n) is 3.35. The molecule has 1 aromatic rings. The molecular formula is C11H11NO2S. The first-order chi connectivity index (χ1) is 7.18. The molecule has 78 valence electrons. The largest absolute Gasteiger partial charge is 0.476 e. The van der Waals surface area contributed by atoms with Crippen LogP contribution < -0.4 is 0 Å². The molecule has 0 radical (unpaired) electrons. The molecule has 0 unspecified atom stereocenters. The number of hydrogen-bond acceptors (Lipinski definition) is 3. The Morgan fingerprint density at radius 2 is 2.33 bits per heavy atom. The van der Waals surface area contributed by atoms with Gasteiger partial charge in [0.05, 0.1) is 9.88 Å². The number of aromatic carboxylic acids is 1. The number of carboxylic acids is 1. The van der Waals surface area contributed by atoms with E-state index in [0.29, 0.717) is 0 Å². The van der Waals surface area contributed by atoms with Crippen molar-refractivity contribution in [2.75, 3.05) is 0 Å². The molecule has 0 saturated carbocycles. The first-order valence-corrected chi connectivity index (χ1v) is 5.58. The number of aromatic nitrogens is 1. The maximum absolute atomic E-state index is 11.0. The lowest BCUT2D eigenvalue weighted by molar-refractivity contribution is 0.0691. The fourth-order valence-electron chi connectivity index (χ4n) is 1.55. The topological polar surface area (TPSA) is 50.2 Å². The van der Waals surface area contributed by atoms with Crippen LogP contribution in [0.15, 0.2) is 18.2 Å². The number of rotatable bonds is 2. The van der Waals surface area contributed by atoms with E-state index in [1.165, 1.54) is 11.3 Å². The summed E-state index contributed by atoms with van der Waals surface area (Å²) < 4.78 is 0. The van der Waals surface area contributed by atoms with Gasteiger partial charge in [0, 0.05) is 0 Å². The molecular weight excluding hydrogens is 210 g/mol. The molecule has 0 saturated heterocycles. The average molecular weight is 221 g/mol. The highest BCUT2D eigenvalue weighted by atomic mass is 32.1. The van der Waals surface area contributed by atoms with Gasteiger partial charge in [0.1, 0.15) is 0 Å². The third-order valence-corrected chi connectivity index (χ3v) is 3.21. The van der Waals surface area contributed by atoms with Gasteiger partial charge in [-0.05, 0) is 25.3 Å². The van der Waals surface area contributed by atoms with E-state index in [1.807, 2.05) is 13.0 Å². The van der Waals surface area contributed by atoms with Gasteiger partial charge in [-0.15, -0.1) is 11.3 Å². The number of hydrogen-bond donors (Lipinski definition) is 1. The van der Waals surface area contributed by atoms with Gasteiger partial charge >= 0.3 is 5.97 Å². The quantitative estimate of drug-likeness (QED) is 0.835. The van der Waals surface area contributed by atoms with Crippen LogP contribution in [0.2, 0.25) is 0 Å². The van der Waals surface area contributed by atoms with E-state index in [-0.39, 0.29) is 5.69 Å². The minimum atomic E-state index is -0.950. The van der Waals surface area contributed by atoms with Crippen LogP contribution in [0.25, 0.3) is 5.57 Å². The van der Waals surface area contributed by atoms with Crippen molar-refractivity contribution in [3.05, 3.63) is 33.8 Å². The van der Waals surface area contributed by atoms with Gasteiger partial charge in [0.15, 0.2) is 5.69 Å². The lowest BCUT2D eigenvalue weighted by Gasteiger charge is -2.04. The minimum absolute atomic E-state index is 0.176. The smallest absolute Gasteiger partial charge is 0.356 e.